The molecule has 0 fully saturated rings. The molecule has 0 N–H and O–H groups in total. The summed E-state index contributed by atoms with van der Waals surface area (Å²) in [5.41, 5.74) is 0.816. The number of hydrogen-bond donors (Lipinski definition) is 0. The maximum atomic E-state index is 11.7. The van der Waals surface area contributed by atoms with Crippen molar-refractivity contribution in [1.82, 2.24) is 0 Å². The van der Waals surface area contributed by atoms with Crippen LogP contribution >= 0.6 is 0 Å². The molecule has 4 nitrogen and oxygen atoms in total. The van der Waals surface area contributed by atoms with Gasteiger partial charge < -0.3 is 14.2 Å². The predicted molar refractivity (Wildman–Crippen MR) is 73.7 cm³/mol. The van der Waals surface area contributed by atoms with Gasteiger partial charge in [-0.15, -0.1) is 0 Å². The zero-order chi connectivity index (χ0) is 14.3. The normalized spacial score (nSPS) is 10.4. The smallest absolute Gasteiger partial charge is 0.310 e. The number of esters is 1. The molecule has 0 radical (unpaired) electrons. The number of ether oxygens (including phenoxy) is 3. The molecule has 1 aromatic carbocycles. The van der Waals surface area contributed by atoms with Crippen molar-refractivity contribution >= 4 is 5.97 Å². The number of benzene rings is 1. The second kappa shape index (κ2) is 7.67. The maximum Gasteiger partial charge on any atom is 0.310 e. The Kier molecular flexibility index (Phi) is 6.19. The average Bonchev–Trinajstić information content (AvgIpc) is 2.32. The molecular formula is C15H22O4. The van der Waals surface area contributed by atoms with E-state index in [0.717, 1.165) is 11.3 Å². The van der Waals surface area contributed by atoms with Gasteiger partial charge in [0.25, 0.3) is 0 Å². The second-order valence-corrected chi connectivity index (χ2v) is 4.35. The van der Waals surface area contributed by atoms with Crippen molar-refractivity contribution in [3.63, 3.8) is 0 Å². The van der Waals surface area contributed by atoms with E-state index in [-0.39, 0.29) is 18.5 Å². The highest BCUT2D eigenvalue weighted by Gasteiger charge is 2.12. The molecule has 0 aliphatic carbocycles. The van der Waals surface area contributed by atoms with Gasteiger partial charge in [-0.05, 0) is 33.8 Å². The van der Waals surface area contributed by atoms with E-state index in [2.05, 4.69) is 0 Å². The second-order valence-electron chi connectivity index (χ2n) is 4.35. The van der Waals surface area contributed by atoms with E-state index in [9.17, 15) is 4.79 Å². The van der Waals surface area contributed by atoms with E-state index in [1.54, 1.807) is 0 Å². The van der Waals surface area contributed by atoms with Gasteiger partial charge >= 0.3 is 5.97 Å². The van der Waals surface area contributed by atoms with Crippen LogP contribution in [0.3, 0.4) is 0 Å². The van der Waals surface area contributed by atoms with E-state index in [4.69, 9.17) is 14.2 Å². The Morgan fingerprint density at radius 3 is 2.42 bits per heavy atom. The Morgan fingerprint density at radius 2 is 1.84 bits per heavy atom. The maximum absolute atomic E-state index is 11.7. The molecule has 1 aromatic rings. The van der Waals surface area contributed by atoms with Crippen LogP contribution in [0.4, 0.5) is 0 Å². The number of carbonyl (C=O) groups excluding carboxylic acids is 1. The van der Waals surface area contributed by atoms with Crippen LogP contribution in [0.2, 0.25) is 0 Å². The molecule has 0 atom stereocenters. The van der Waals surface area contributed by atoms with Crippen LogP contribution < -0.4 is 9.47 Å². The minimum Gasteiger partial charge on any atom is -0.494 e. The van der Waals surface area contributed by atoms with Crippen LogP contribution in [-0.4, -0.2) is 25.3 Å². The zero-order valence-electron chi connectivity index (χ0n) is 12.1. The lowest BCUT2D eigenvalue weighted by Crippen LogP contribution is -2.14. The molecule has 0 aliphatic rings. The van der Waals surface area contributed by atoms with Crippen molar-refractivity contribution in [1.29, 1.82) is 0 Å². The molecular weight excluding hydrogens is 244 g/mol. The summed E-state index contributed by atoms with van der Waals surface area (Å²) in [6, 6.07) is 5.49. The molecule has 19 heavy (non-hydrogen) atoms. The molecule has 106 valence electrons. The average molecular weight is 266 g/mol. The molecule has 0 heterocycles. The first-order valence-corrected chi connectivity index (χ1v) is 6.64. The van der Waals surface area contributed by atoms with E-state index in [0.29, 0.717) is 19.0 Å². The summed E-state index contributed by atoms with van der Waals surface area (Å²) < 4.78 is 16.1. The molecule has 0 saturated carbocycles. The Hall–Kier alpha value is -1.71. The van der Waals surface area contributed by atoms with E-state index >= 15 is 0 Å². The number of rotatable bonds is 7. The molecule has 0 saturated heterocycles. The Bertz CT molecular complexity index is 413. The number of carbonyl (C=O) groups is 1. The monoisotopic (exact) mass is 266 g/mol. The third kappa shape index (κ3) is 5.20. The molecule has 0 bridgehead atoms. The molecule has 0 amide bonds. The van der Waals surface area contributed by atoms with Gasteiger partial charge in [0.05, 0.1) is 25.7 Å². The molecule has 0 spiro atoms. The van der Waals surface area contributed by atoms with Gasteiger partial charge in [-0.2, -0.15) is 0 Å². The summed E-state index contributed by atoms with van der Waals surface area (Å²) >= 11 is 0. The summed E-state index contributed by atoms with van der Waals surface area (Å²) in [7, 11) is 0. The quantitative estimate of drug-likeness (QED) is 0.712. The fraction of sp³-hybridized carbons (Fsp3) is 0.533. The SMILES string of the molecule is CCOc1ccc(CC(=O)OC(C)C)c(OCC)c1. The minimum absolute atomic E-state index is 0.106. The van der Waals surface area contributed by atoms with Crippen LogP contribution in [-0.2, 0) is 16.0 Å². The van der Waals surface area contributed by atoms with Gasteiger partial charge in [-0.1, -0.05) is 6.07 Å². The Labute approximate surface area is 114 Å². The van der Waals surface area contributed by atoms with Crippen molar-refractivity contribution in [2.45, 2.75) is 40.2 Å². The van der Waals surface area contributed by atoms with E-state index in [1.165, 1.54) is 0 Å². The first-order chi connectivity index (χ1) is 9.06. The minimum atomic E-state index is -0.250. The molecule has 0 unspecified atom stereocenters. The highest BCUT2D eigenvalue weighted by molar-refractivity contribution is 5.74. The third-order valence-corrected chi connectivity index (χ3v) is 2.35. The lowest BCUT2D eigenvalue weighted by molar-refractivity contribution is -0.146. The van der Waals surface area contributed by atoms with Gasteiger partial charge in [0, 0.05) is 11.6 Å². The molecule has 4 heteroatoms. The van der Waals surface area contributed by atoms with E-state index < -0.39 is 0 Å². The largest absolute Gasteiger partial charge is 0.494 e. The lowest BCUT2D eigenvalue weighted by atomic mass is 10.1. The standard InChI is InChI=1S/C15H22O4/c1-5-17-13-8-7-12(14(10-13)18-6-2)9-15(16)19-11(3)4/h7-8,10-11H,5-6,9H2,1-4H3. The van der Waals surface area contributed by atoms with Crippen molar-refractivity contribution in [2.75, 3.05) is 13.2 Å². The van der Waals surface area contributed by atoms with Crippen molar-refractivity contribution < 1.29 is 19.0 Å². The predicted octanol–water partition coefficient (Wildman–Crippen LogP) is 2.98. The number of hydrogen-bond acceptors (Lipinski definition) is 4. The van der Waals surface area contributed by atoms with Crippen LogP contribution in [0.1, 0.15) is 33.3 Å². The Morgan fingerprint density at radius 1 is 1.16 bits per heavy atom. The van der Waals surface area contributed by atoms with Gasteiger partial charge in [-0.25, -0.2) is 0 Å². The third-order valence-electron chi connectivity index (χ3n) is 2.35. The lowest BCUT2D eigenvalue weighted by Gasteiger charge is -2.13. The van der Waals surface area contributed by atoms with Crippen molar-refractivity contribution in [3.8, 4) is 11.5 Å². The molecule has 0 aromatic heterocycles. The first-order valence-electron chi connectivity index (χ1n) is 6.64. The highest BCUT2D eigenvalue weighted by atomic mass is 16.5. The van der Waals surface area contributed by atoms with Crippen LogP contribution in [0, 0.1) is 0 Å². The molecule has 1 rings (SSSR count). The molecule has 0 aliphatic heterocycles. The van der Waals surface area contributed by atoms with Crippen LogP contribution in [0.5, 0.6) is 11.5 Å². The van der Waals surface area contributed by atoms with Gasteiger partial charge in [0.15, 0.2) is 0 Å². The van der Waals surface area contributed by atoms with Gasteiger partial charge in [-0.3, -0.25) is 4.79 Å². The summed E-state index contributed by atoms with van der Waals surface area (Å²) in [6.45, 7) is 8.64. The first kappa shape index (κ1) is 15.3. The fourth-order valence-corrected chi connectivity index (χ4v) is 1.69. The summed E-state index contributed by atoms with van der Waals surface area (Å²) in [6.07, 6.45) is 0.102. The summed E-state index contributed by atoms with van der Waals surface area (Å²) in [5.74, 6) is 1.17. The summed E-state index contributed by atoms with van der Waals surface area (Å²) in [5, 5.41) is 0. The highest BCUT2D eigenvalue weighted by Crippen LogP contribution is 2.26. The Balaban J connectivity index is 2.83. The van der Waals surface area contributed by atoms with Crippen molar-refractivity contribution in [2.24, 2.45) is 0 Å². The van der Waals surface area contributed by atoms with Crippen molar-refractivity contribution in [3.05, 3.63) is 23.8 Å². The zero-order valence-corrected chi connectivity index (χ0v) is 12.1. The van der Waals surface area contributed by atoms with Gasteiger partial charge in [0.1, 0.15) is 11.5 Å². The topological polar surface area (TPSA) is 44.8 Å². The summed E-state index contributed by atoms with van der Waals surface area (Å²) in [4.78, 5) is 11.7. The van der Waals surface area contributed by atoms with Crippen LogP contribution in [0.25, 0.3) is 0 Å². The fourth-order valence-electron chi connectivity index (χ4n) is 1.69. The van der Waals surface area contributed by atoms with Crippen LogP contribution in [0.15, 0.2) is 18.2 Å². The van der Waals surface area contributed by atoms with Gasteiger partial charge in [0.2, 0.25) is 0 Å². The van der Waals surface area contributed by atoms with E-state index in [1.807, 2.05) is 45.9 Å².